The minimum absolute atomic E-state index is 0.0102. The van der Waals surface area contributed by atoms with Gasteiger partial charge in [0.05, 0.1) is 41.7 Å². The summed E-state index contributed by atoms with van der Waals surface area (Å²) in [5.41, 5.74) is 2.50. The third kappa shape index (κ3) is 10.7. The molecule has 1 aromatic rings. The monoisotopic (exact) mass is 658 g/mol. The van der Waals surface area contributed by atoms with Crippen LogP contribution in [0.4, 0.5) is 0 Å². The Morgan fingerprint density at radius 2 is 1.59 bits per heavy atom. The number of carbonyl (C=O) groups is 3. The lowest BCUT2D eigenvalue weighted by molar-refractivity contribution is -0.139. The van der Waals surface area contributed by atoms with Gasteiger partial charge in [0.2, 0.25) is 5.91 Å². The number of aromatic amines is 1. The molecule has 0 aromatic carbocycles. The van der Waals surface area contributed by atoms with Crippen molar-refractivity contribution in [1.82, 2.24) is 15.6 Å². The minimum Gasteiger partial charge on any atom is -0.469 e. The van der Waals surface area contributed by atoms with Crippen LogP contribution in [0.2, 0.25) is 0 Å². The van der Waals surface area contributed by atoms with E-state index in [0.717, 1.165) is 5.70 Å². The van der Waals surface area contributed by atoms with Crippen molar-refractivity contribution in [3.8, 4) is 0 Å². The van der Waals surface area contributed by atoms with Gasteiger partial charge in [-0.25, -0.2) is 0 Å². The van der Waals surface area contributed by atoms with Gasteiger partial charge in [-0.05, 0) is 45.6 Å². The largest absolute Gasteiger partial charge is 0.469 e. The molecule has 44 heavy (non-hydrogen) atoms. The van der Waals surface area contributed by atoms with Crippen LogP contribution in [0.1, 0.15) is 68.8 Å². The van der Waals surface area contributed by atoms with E-state index in [9.17, 15) is 31.2 Å². The van der Waals surface area contributed by atoms with Gasteiger partial charge in [-0.1, -0.05) is 19.1 Å². The van der Waals surface area contributed by atoms with Gasteiger partial charge in [-0.15, -0.1) is 0 Å². The third-order valence-electron chi connectivity index (χ3n) is 7.38. The predicted molar refractivity (Wildman–Crippen MR) is 165 cm³/mol. The number of ether oxygens (including phenoxy) is 1. The second-order valence-electron chi connectivity index (χ2n) is 10.5. The Morgan fingerprint density at radius 3 is 2.11 bits per heavy atom. The van der Waals surface area contributed by atoms with Gasteiger partial charge in [0, 0.05) is 48.0 Å². The molecule has 2 rings (SSSR count). The number of nitrogens with zero attached hydrogens (tertiary/aromatic N) is 1. The van der Waals surface area contributed by atoms with E-state index < -0.39 is 43.6 Å². The van der Waals surface area contributed by atoms with Gasteiger partial charge in [0.1, 0.15) is 0 Å². The van der Waals surface area contributed by atoms with E-state index in [1.165, 1.54) is 7.11 Å². The van der Waals surface area contributed by atoms with E-state index in [2.05, 4.69) is 15.6 Å². The van der Waals surface area contributed by atoms with E-state index in [4.69, 9.17) is 18.8 Å². The number of aliphatic imine (C=N–C) groups is 1. The van der Waals surface area contributed by atoms with Crippen molar-refractivity contribution in [2.24, 2.45) is 16.8 Å². The third-order valence-corrected chi connectivity index (χ3v) is 8.99. The van der Waals surface area contributed by atoms with Gasteiger partial charge >= 0.3 is 5.97 Å². The smallest absolute Gasteiger partial charge is 0.310 e. The lowest BCUT2D eigenvalue weighted by Crippen LogP contribution is -2.33. The molecule has 0 fully saturated rings. The van der Waals surface area contributed by atoms with Crippen molar-refractivity contribution >= 4 is 55.4 Å². The van der Waals surface area contributed by atoms with Crippen LogP contribution in [0.15, 0.2) is 16.8 Å². The van der Waals surface area contributed by atoms with Gasteiger partial charge in [0.15, 0.2) is 0 Å². The lowest BCUT2D eigenvalue weighted by atomic mass is 9.83. The maximum absolute atomic E-state index is 13.4. The highest BCUT2D eigenvalue weighted by atomic mass is 32.2. The van der Waals surface area contributed by atoms with Gasteiger partial charge in [-0.2, -0.15) is 16.8 Å². The number of rotatable bonds is 15. The molecule has 2 amide bonds. The molecule has 1 aliphatic rings. The van der Waals surface area contributed by atoms with Crippen LogP contribution in [0.3, 0.4) is 0 Å². The first-order valence-electron chi connectivity index (χ1n) is 14.2. The summed E-state index contributed by atoms with van der Waals surface area (Å²) in [5.74, 6) is -2.86. The van der Waals surface area contributed by atoms with Crippen LogP contribution in [0.25, 0.3) is 11.6 Å². The zero-order valence-electron chi connectivity index (χ0n) is 25.6. The first-order chi connectivity index (χ1) is 20.5. The number of H-pyrrole nitrogens is 1. The van der Waals surface area contributed by atoms with Crippen LogP contribution in [0.5, 0.6) is 0 Å². The van der Waals surface area contributed by atoms with Crippen molar-refractivity contribution in [1.29, 1.82) is 0 Å². The Kier molecular flexibility index (Phi) is 13.5. The highest BCUT2D eigenvalue weighted by Gasteiger charge is 2.35. The van der Waals surface area contributed by atoms with E-state index in [1.54, 1.807) is 19.9 Å². The molecule has 0 bridgehead atoms. The summed E-state index contributed by atoms with van der Waals surface area (Å²) in [6.45, 7) is 7.33. The van der Waals surface area contributed by atoms with Crippen LogP contribution in [-0.4, -0.2) is 86.1 Å². The summed E-state index contributed by atoms with van der Waals surface area (Å²) >= 11 is 0. The number of allylic oxidation sites excluding steroid dienone is 2. The molecule has 2 heterocycles. The summed E-state index contributed by atoms with van der Waals surface area (Å²) in [6.07, 6.45) is 3.82. The number of nitrogens with one attached hydrogen (secondary N) is 3. The number of amides is 2. The Bertz CT molecular complexity index is 1640. The Morgan fingerprint density at radius 1 is 1.00 bits per heavy atom. The molecule has 1 aliphatic heterocycles. The van der Waals surface area contributed by atoms with E-state index in [0.29, 0.717) is 34.0 Å². The normalized spacial score (nSPS) is 19.1. The second-order valence-corrected chi connectivity index (χ2v) is 13.6. The summed E-state index contributed by atoms with van der Waals surface area (Å²) < 4.78 is 66.9. The quantitative estimate of drug-likeness (QED) is 0.100. The maximum atomic E-state index is 13.4. The lowest BCUT2D eigenvalue weighted by Gasteiger charge is -2.20. The highest BCUT2D eigenvalue weighted by Crippen LogP contribution is 2.37. The maximum Gasteiger partial charge on any atom is 0.310 e. The zero-order valence-corrected chi connectivity index (χ0v) is 27.2. The summed E-state index contributed by atoms with van der Waals surface area (Å²) in [4.78, 5) is 46.8. The number of aromatic nitrogens is 1. The molecule has 0 unspecified atom stereocenters. The molecule has 2 atom stereocenters. The number of methoxy groups -OCH3 is 1. The van der Waals surface area contributed by atoms with Crippen molar-refractivity contribution in [2.75, 3.05) is 31.7 Å². The average Bonchev–Trinajstić information content (AvgIpc) is 3.44. The number of hydrogen-bond acceptors (Lipinski definition) is 9. The minimum atomic E-state index is -4.19. The van der Waals surface area contributed by atoms with E-state index in [1.807, 2.05) is 19.9 Å². The average molecular weight is 659 g/mol. The van der Waals surface area contributed by atoms with Crippen molar-refractivity contribution in [2.45, 2.75) is 59.8 Å². The van der Waals surface area contributed by atoms with Crippen LogP contribution in [0, 0.1) is 18.8 Å². The second kappa shape index (κ2) is 16.1. The van der Waals surface area contributed by atoms with Crippen LogP contribution < -0.4 is 21.3 Å². The summed E-state index contributed by atoms with van der Waals surface area (Å²) in [7, 11) is -7.07. The first-order valence-corrected chi connectivity index (χ1v) is 17.4. The molecule has 0 radical (unpaired) electrons. The Labute approximate surface area is 257 Å². The van der Waals surface area contributed by atoms with Crippen LogP contribution in [-0.2, 0) is 34.6 Å². The fraction of sp³-hybridized carbons (Fsp3) is 0.571. The number of carbonyl (C=O) groups excluding carboxylic acids is 3. The van der Waals surface area contributed by atoms with Crippen molar-refractivity contribution < 1.29 is 45.1 Å². The SMILES string of the molecule is C/C=C1N=C(/C(CC(=O)OC)=c2\[nH]/c(=C\C)c(C)c2C(=O)NCCCS(=O)(=O)O)[C@@H](CCC(=O)NCCCS(=O)(=O)O)[C@@H]\1C. The van der Waals surface area contributed by atoms with E-state index in [-0.39, 0.29) is 62.1 Å². The zero-order chi connectivity index (χ0) is 33.2. The summed E-state index contributed by atoms with van der Waals surface area (Å²) in [6, 6.07) is 0. The van der Waals surface area contributed by atoms with Gasteiger partial charge in [0.25, 0.3) is 26.1 Å². The molecule has 5 N–H and O–H groups in total. The standard InChI is InChI=1S/C28H42N4O10S2/c1-6-21-17(3)19(10-11-23(33)29-12-8-14-43(36,37)38)26(31-21)20(16-24(34)42-5)27-25(18(4)22(7-2)32-27)28(35)30-13-9-15-44(39,40)41/h6-7,17,19,32H,8-16H2,1-5H3,(H,29,33)(H,30,35)(H,36,37,38)(H,39,40,41)/b21-6-,22-7-,27-20-/t17-,19-/m0/s1. The highest BCUT2D eigenvalue weighted by molar-refractivity contribution is 7.86. The molecule has 0 spiro atoms. The molecule has 14 nitrogen and oxygen atoms in total. The van der Waals surface area contributed by atoms with E-state index >= 15 is 0 Å². The molecule has 1 aromatic heterocycles. The predicted octanol–water partition coefficient (Wildman–Crippen LogP) is 0.630. The Hall–Kier alpha value is -3.34. The molecule has 0 saturated heterocycles. The molecule has 0 aliphatic carbocycles. The molecule has 0 saturated carbocycles. The summed E-state index contributed by atoms with van der Waals surface area (Å²) in [5, 5.41) is 6.30. The van der Waals surface area contributed by atoms with Gasteiger partial charge < -0.3 is 20.4 Å². The molecular weight excluding hydrogens is 616 g/mol. The van der Waals surface area contributed by atoms with Crippen molar-refractivity contribution in [3.05, 3.63) is 33.6 Å². The van der Waals surface area contributed by atoms with Gasteiger partial charge in [-0.3, -0.25) is 28.5 Å². The topological polar surface area (TPSA) is 221 Å². The van der Waals surface area contributed by atoms with Crippen LogP contribution >= 0.6 is 0 Å². The van der Waals surface area contributed by atoms with Crippen molar-refractivity contribution in [3.63, 3.8) is 0 Å². The fourth-order valence-electron chi connectivity index (χ4n) is 5.11. The first kappa shape index (κ1) is 36.8. The number of hydrogen-bond donors (Lipinski definition) is 5. The molecular formula is C28H42N4O10S2. The number of esters is 1. The molecule has 16 heteroatoms. The molecule has 246 valence electrons. The fourth-order valence-corrected chi connectivity index (χ4v) is 6.13. The Balaban J connectivity index is 2.53.